The van der Waals surface area contributed by atoms with E-state index in [1.54, 1.807) is 6.07 Å². The molecule has 0 aromatic heterocycles. The van der Waals surface area contributed by atoms with E-state index in [-0.39, 0.29) is 24.3 Å². The Balaban J connectivity index is 1.39. The number of aromatic carboxylic acids is 1. The second kappa shape index (κ2) is 12.6. The van der Waals surface area contributed by atoms with Gasteiger partial charge in [-0.05, 0) is 51.6 Å². The van der Waals surface area contributed by atoms with Crippen molar-refractivity contribution in [2.75, 3.05) is 6.79 Å². The second-order valence-corrected chi connectivity index (χ2v) is 7.98. The van der Waals surface area contributed by atoms with Crippen molar-refractivity contribution in [3.63, 3.8) is 0 Å². The molecule has 0 aliphatic heterocycles. The van der Waals surface area contributed by atoms with Gasteiger partial charge in [0.05, 0.1) is 11.1 Å². The van der Waals surface area contributed by atoms with Gasteiger partial charge in [-0.1, -0.05) is 78.9 Å². The summed E-state index contributed by atoms with van der Waals surface area (Å²) in [7, 11) is 0. The molecule has 0 unspecified atom stereocenters. The molecule has 0 heterocycles. The molecule has 8 nitrogen and oxygen atoms in total. The van der Waals surface area contributed by atoms with Crippen LogP contribution in [0.1, 0.15) is 31.8 Å². The molecule has 0 spiro atoms. The van der Waals surface area contributed by atoms with E-state index in [4.69, 9.17) is 19.8 Å². The van der Waals surface area contributed by atoms with Crippen LogP contribution in [0.25, 0.3) is 22.3 Å². The smallest absolute Gasteiger partial charge is 0.341 e. The van der Waals surface area contributed by atoms with Crippen molar-refractivity contribution in [1.29, 1.82) is 0 Å². The molecule has 4 aromatic rings. The van der Waals surface area contributed by atoms with Crippen LogP contribution in [0.4, 0.5) is 0 Å². The predicted octanol–water partition coefficient (Wildman–Crippen LogP) is 5.97. The van der Waals surface area contributed by atoms with E-state index in [1.807, 2.05) is 78.9 Å². The van der Waals surface area contributed by atoms with Crippen LogP contribution in [0.3, 0.4) is 0 Å². The minimum Gasteiger partial charge on any atom is -0.478 e. The molecule has 0 amide bonds. The Morgan fingerprint density at radius 1 is 0.622 bits per heavy atom. The third-order valence-electron chi connectivity index (χ3n) is 5.65. The lowest BCUT2D eigenvalue weighted by Crippen LogP contribution is -2.14. The lowest BCUT2D eigenvalue weighted by molar-refractivity contribution is -0.335. The van der Waals surface area contributed by atoms with Gasteiger partial charge in [0.25, 0.3) is 0 Å². The van der Waals surface area contributed by atoms with Crippen LogP contribution >= 0.6 is 0 Å². The maximum Gasteiger partial charge on any atom is 0.341 e. The lowest BCUT2D eigenvalue weighted by Gasteiger charge is -2.12. The molecule has 0 aliphatic carbocycles. The number of benzene rings is 4. The number of carbonyl (C=O) groups is 2. The number of carboxylic acids is 1. The fourth-order valence-electron chi connectivity index (χ4n) is 3.79. The van der Waals surface area contributed by atoms with E-state index in [9.17, 15) is 14.7 Å². The third-order valence-corrected chi connectivity index (χ3v) is 5.65. The summed E-state index contributed by atoms with van der Waals surface area (Å²) in [6, 6.07) is 29.0. The monoisotopic (exact) mass is 500 g/mol. The molecular formula is C29H24O8. The van der Waals surface area contributed by atoms with Crippen molar-refractivity contribution in [2.45, 2.75) is 13.2 Å². The maximum absolute atomic E-state index is 12.7. The molecule has 0 radical (unpaired) electrons. The van der Waals surface area contributed by atoms with Crippen LogP contribution in [0.15, 0.2) is 97.1 Å². The van der Waals surface area contributed by atoms with Gasteiger partial charge < -0.3 is 9.84 Å². The van der Waals surface area contributed by atoms with Crippen LogP contribution in [0.2, 0.25) is 0 Å². The van der Waals surface area contributed by atoms with Crippen LogP contribution in [-0.4, -0.2) is 29.1 Å². The van der Waals surface area contributed by atoms with E-state index in [2.05, 4.69) is 4.89 Å². The highest BCUT2D eigenvalue weighted by molar-refractivity contribution is 6.03. The molecule has 0 saturated carbocycles. The molecular weight excluding hydrogens is 476 g/mol. The van der Waals surface area contributed by atoms with Crippen molar-refractivity contribution in [2.24, 2.45) is 0 Å². The summed E-state index contributed by atoms with van der Waals surface area (Å²) in [6.45, 7) is -0.614. The number of hydrogen-bond donors (Lipinski definition) is 2. The first-order valence-electron chi connectivity index (χ1n) is 11.3. The molecule has 2 N–H and O–H groups in total. The highest BCUT2D eigenvalue weighted by Gasteiger charge is 2.19. The van der Waals surface area contributed by atoms with Gasteiger partial charge in [0.1, 0.15) is 13.2 Å². The highest BCUT2D eigenvalue weighted by Crippen LogP contribution is 2.25. The van der Waals surface area contributed by atoms with Crippen molar-refractivity contribution in [3.8, 4) is 22.3 Å². The Morgan fingerprint density at radius 3 is 1.86 bits per heavy atom. The first-order valence-corrected chi connectivity index (χ1v) is 11.3. The van der Waals surface area contributed by atoms with E-state index in [1.165, 1.54) is 12.1 Å². The van der Waals surface area contributed by atoms with E-state index in [0.29, 0.717) is 16.7 Å². The first kappa shape index (κ1) is 25.7. The van der Waals surface area contributed by atoms with Crippen molar-refractivity contribution >= 4 is 11.9 Å². The Morgan fingerprint density at radius 2 is 1.24 bits per heavy atom. The average Bonchev–Trinajstić information content (AvgIpc) is 2.94. The van der Waals surface area contributed by atoms with Crippen LogP contribution in [0.5, 0.6) is 0 Å². The van der Waals surface area contributed by atoms with Gasteiger partial charge in [-0.2, -0.15) is 4.89 Å². The number of rotatable bonds is 11. The number of esters is 1. The Kier molecular flexibility index (Phi) is 8.75. The molecule has 0 atom stereocenters. The largest absolute Gasteiger partial charge is 0.478 e. The molecule has 0 bridgehead atoms. The quantitative estimate of drug-likeness (QED) is 0.0852. The third kappa shape index (κ3) is 6.66. The summed E-state index contributed by atoms with van der Waals surface area (Å²) in [6.07, 6.45) is 0. The molecule has 4 aromatic carbocycles. The summed E-state index contributed by atoms with van der Waals surface area (Å²) >= 11 is 0. The van der Waals surface area contributed by atoms with Gasteiger partial charge >= 0.3 is 11.9 Å². The van der Waals surface area contributed by atoms with Crippen LogP contribution in [-0.2, 0) is 32.6 Å². The van der Waals surface area contributed by atoms with E-state index >= 15 is 0 Å². The number of carboxylic acid groups (broad SMARTS) is 1. The molecule has 188 valence electrons. The Hall–Kier alpha value is -4.34. The molecule has 0 aliphatic rings. The van der Waals surface area contributed by atoms with E-state index in [0.717, 1.165) is 16.7 Å². The highest BCUT2D eigenvalue weighted by atomic mass is 17.2. The van der Waals surface area contributed by atoms with Gasteiger partial charge in [0.2, 0.25) is 6.79 Å². The topological polar surface area (TPSA) is 112 Å². The normalized spacial score (nSPS) is 10.7. The second-order valence-electron chi connectivity index (χ2n) is 7.98. The van der Waals surface area contributed by atoms with Crippen LogP contribution in [0, 0.1) is 0 Å². The summed E-state index contributed by atoms with van der Waals surface area (Å²) in [5, 5.41) is 18.4. The summed E-state index contributed by atoms with van der Waals surface area (Å²) < 4.78 is 5.10. The summed E-state index contributed by atoms with van der Waals surface area (Å²) in [4.78, 5) is 38.8. The summed E-state index contributed by atoms with van der Waals surface area (Å²) in [5.41, 5.74) is 4.54. The minimum absolute atomic E-state index is 0.0131. The molecule has 4 rings (SSSR count). The Labute approximate surface area is 213 Å². The number of carbonyl (C=O) groups excluding carboxylic acids is 1. The standard InChI is InChI=1S/C29H24O8/c30-28(31)26-14-13-23(21-9-5-2-6-10-21)16-27(26)29(32)34-19-37-36-18-25-15-22(11-12-24(25)17-35-33)20-7-3-1-4-8-20/h1-16,33H,17-19H2,(H,30,31). The first-order chi connectivity index (χ1) is 18.1. The van der Waals surface area contributed by atoms with Gasteiger partial charge in [-0.3, -0.25) is 5.26 Å². The molecule has 0 saturated heterocycles. The molecule has 8 heteroatoms. The Bertz CT molecular complexity index is 1350. The maximum atomic E-state index is 12.7. The minimum atomic E-state index is -1.25. The predicted molar refractivity (Wildman–Crippen MR) is 134 cm³/mol. The lowest BCUT2D eigenvalue weighted by atomic mass is 9.99. The SMILES string of the molecule is O=C(O)c1ccc(-c2ccccc2)cc1C(=O)OCOOCc1cc(-c2ccccc2)ccc1COO. The average molecular weight is 501 g/mol. The van der Waals surface area contributed by atoms with Crippen molar-refractivity contribution in [1.82, 2.24) is 0 Å². The zero-order valence-electron chi connectivity index (χ0n) is 19.7. The van der Waals surface area contributed by atoms with Gasteiger partial charge in [-0.15, -0.1) is 0 Å². The zero-order chi connectivity index (χ0) is 26.0. The zero-order valence-corrected chi connectivity index (χ0v) is 19.7. The fourth-order valence-corrected chi connectivity index (χ4v) is 3.79. The van der Waals surface area contributed by atoms with Crippen molar-refractivity contribution < 1.29 is 39.4 Å². The molecule has 0 fully saturated rings. The van der Waals surface area contributed by atoms with Crippen LogP contribution < -0.4 is 0 Å². The summed E-state index contributed by atoms with van der Waals surface area (Å²) in [5.74, 6) is -2.11. The van der Waals surface area contributed by atoms with Gasteiger partial charge in [0.15, 0.2) is 0 Å². The van der Waals surface area contributed by atoms with Crippen molar-refractivity contribution in [3.05, 3.63) is 119 Å². The van der Waals surface area contributed by atoms with E-state index < -0.39 is 18.7 Å². The number of hydrogen-bond acceptors (Lipinski definition) is 7. The van der Waals surface area contributed by atoms with Gasteiger partial charge in [0, 0.05) is 0 Å². The van der Waals surface area contributed by atoms with Gasteiger partial charge in [-0.25, -0.2) is 19.4 Å². The molecule has 37 heavy (non-hydrogen) atoms. The number of ether oxygens (including phenoxy) is 1. The fraction of sp³-hybridized carbons (Fsp3) is 0.103.